The molecule has 0 bridgehead atoms. The number of nitrogens with zero attached hydrogens (tertiary/aromatic N) is 3. The Labute approximate surface area is 204 Å². The van der Waals surface area contributed by atoms with E-state index >= 15 is 0 Å². The number of hydrogen-bond acceptors (Lipinski definition) is 8. The minimum atomic E-state index is -0.505. The van der Waals surface area contributed by atoms with E-state index in [1.165, 1.54) is 6.33 Å². The summed E-state index contributed by atoms with van der Waals surface area (Å²) in [6.07, 6.45) is 2.73. The minimum absolute atomic E-state index is 0.112. The number of carbonyl (C=O) groups is 2. The van der Waals surface area contributed by atoms with Crippen molar-refractivity contribution in [3.05, 3.63) is 78.1 Å². The molecule has 2 aromatic carbocycles. The molecule has 0 saturated carbocycles. The van der Waals surface area contributed by atoms with Gasteiger partial charge in [-0.15, -0.1) is 0 Å². The van der Waals surface area contributed by atoms with Crippen molar-refractivity contribution in [2.45, 2.75) is 25.7 Å². The van der Waals surface area contributed by atoms with Crippen molar-refractivity contribution >= 4 is 29.2 Å². The van der Waals surface area contributed by atoms with Crippen molar-refractivity contribution in [3.63, 3.8) is 0 Å². The molecule has 0 aliphatic carbocycles. The second-order valence-electron chi connectivity index (χ2n) is 8.34. The van der Waals surface area contributed by atoms with Gasteiger partial charge in [-0.05, 0) is 30.9 Å². The van der Waals surface area contributed by atoms with E-state index in [0.29, 0.717) is 49.9 Å². The zero-order valence-corrected chi connectivity index (χ0v) is 19.7. The van der Waals surface area contributed by atoms with Gasteiger partial charge >= 0.3 is 5.97 Å². The predicted octanol–water partition coefficient (Wildman–Crippen LogP) is 3.11. The molecule has 4 rings (SSSR count). The summed E-state index contributed by atoms with van der Waals surface area (Å²) in [6, 6.07) is 19.2. The Morgan fingerprint density at radius 3 is 2.20 bits per heavy atom. The van der Waals surface area contributed by atoms with Crippen LogP contribution in [-0.4, -0.2) is 41.5 Å². The van der Waals surface area contributed by atoms with Crippen molar-refractivity contribution < 1.29 is 14.3 Å². The third-order valence-corrected chi connectivity index (χ3v) is 6.11. The molecule has 9 heteroatoms. The highest BCUT2D eigenvalue weighted by molar-refractivity contribution is 5.88. The van der Waals surface area contributed by atoms with Gasteiger partial charge in [-0.3, -0.25) is 20.4 Å². The minimum Gasteiger partial charge on any atom is -0.466 e. The molecule has 3 aromatic rings. The number of hydrazine groups is 1. The summed E-state index contributed by atoms with van der Waals surface area (Å²) in [5.41, 5.74) is 14.1. The largest absolute Gasteiger partial charge is 0.466 e. The van der Waals surface area contributed by atoms with Crippen molar-refractivity contribution in [3.8, 4) is 0 Å². The van der Waals surface area contributed by atoms with E-state index < -0.39 is 5.92 Å². The number of ether oxygens (including phenoxy) is 1. The molecule has 1 aliphatic heterocycles. The third-order valence-electron chi connectivity index (χ3n) is 6.11. The number of amides is 1. The maximum Gasteiger partial charge on any atom is 0.309 e. The van der Waals surface area contributed by atoms with Crippen LogP contribution < -0.4 is 21.5 Å². The number of nitrogens with one attached hydrogen (secondary N) is 2. The van der Waals surface area contributed by atoms with Crippen LogP contribution in [0.25, 0.3) is 0 Å². The molecular formula is C26H30N6O3. The molecular weight excluding hydrogens is 444 g/mol. The van der Waals surface area contributed by atoms with Gasteiger partial charge in [0.15, 0.2) is 11.6 Å². The van der Waals surface area contributed by atoms with Gasteiger partial charge in [0.1, 0.15) is 12.0 Å². The van der Waals surface area contributed by atoms with Crippen LogP contribution in [0.15, 0.2) is 67.0 Å². The molecule has 0 unspecified atom stereocenters. The lowest BCUT2D eigenvalue weighted by Gasteiger charge is -2.32. The molecule has 0 spiro atoms. The normalized spacial score (nSPS) is 13.9. The standard InChI is InChI=1S/C26H30N6O3/c1-2-35-26(34)20-13-15-32(16-14-20)24-22(27)23(28-17-29-24)30-31-25(33)21(18-9-5-3-6-10-18)19-11-7-4-8-12-19/h3-12,17,20-21H,2,13-16,27H2,1H3,(H,31,33)(H,28,29,30). The molecule has 1 fully saturated rings. The lowest BCUT2D eigenvalue weighted by Crippen LogP contribution is -2.38. The summed E-state index contributed by atoms with van der Waals surface area (Å²) in [6.45, 7) is 3.44. The molecule has 182 valence electrons. The molecule has 0 radical (unpaired) electrons. The fourth-order valence-electron chi connectivity index (χ4n) is 4.30. The first-order valence-electron chi connectivity index (χ1n) is 11.8. The number of aromatic nitrogens is 2. The van der Waals surface area contributed by atoms with Gasteiger partial charge < -0.3 is 15.4 Å². The monoisotopic (exact) mass is 474 g/mol. The number of carbonyl (C=O) groups excluding carboxylic acids is 2. The van der Waals surface area contributed by atoms with Crippen LogP contribution in [0.1, 0.15) is 36.8 Å². The number of rotatable bonds is 8. The van der Waals surface area contributed by atoms with Crippen LogP contribution in [0, 0.1) is 5.92 Å². The summed E-state index contributed by atoms with van der Waals surface area (Å²) in [5.74, 6) is -0.123. The molecule has 0 atom stereocenters. The zero-order chi connectivity index (χ0) is 24.6. The lowest BCUT2D eigenvalue weighted by atomic mass is 9.91. The van der Waals surface area contributed by atoms with E-state index in [-0.39, 0.29) is 17.8 Å². The summed E-state index contributed by atoms with van der Waals surface area (Å²) in [5, 5.41) is 0. The first kappa shape index (κ1) is 24.0. The summed E-state index contributed by atoms with van der Waals surface area (Å²) >= 11 is 0. The zero-order valence-electron chi connectivity index (χ0n) is 19.7. The molecule has 9 nitrogen and oxygen atoms in total. The highest BCUT2D eigenvalue weighted by Gasteiger charge is 2.28. The maximum atomic E-state index is 13.3. The number of nitrogen functional groups attached to an aromatic ring is 1. The average Bonchev–Trinajstić information content (AvgIpc) is 2.90. The van der Waals surface area contributed by atoms with Gasteiger partial charge in [0.05, 0.1) is 18.4 Å². The van der Waals surface area contributed by atoms with Gasteiger partial charge in [-0.25, -0.2) is 9.97 Å². The summed E-state index contributed by atoms with van der Waals surface area (Å²) in [4.78, 5) is 35.9. The first-order chi connectivity index (χ1) is 17.1. The average molecular weight is 475 g/mol. The van der Waals surface area contributed by atoms with E-state index in [1.807, 2.05) is 72.5 Å². The quantitative estimate of drug-likeness (QED) is 0.336. The Bertz CT molecular complexity index is 1090. The van der Waals surface area contributed by atoms with Crippen LogP contribution in [0.4, 0.5) is 17.3 Å². The van der Waals surface area contributed by atoms with Crippen molar-refractivity contribution in [2.75, 3.05) is 35.8 Å². The molecule has 1 aromatic heterocycles. The molecule has 1 saturated heterocycles. The predicted molar refractivity (Wildman–Crippen MR) is 135 cm³/mol. The molecule has 1 aliphatic rings. The Morgan fingerprint density at radius 2 is 1.63 bits per heavy atom. The second-order valence-corrected chi connectivity index (χ2v) is 8.34. The second kappa shape index (κ2) is 11.3. The van der Waals surface area contributed by atoms with Crippen LogP contribution in [0.3, 0.4) is 0 Å². The van der Waals surface area contributed by atoms with Crippen LogP contribution in [-0.2, 0) is 14.3 Å². The van der Waals surface area contributed by atoms with Gasteiger partial charge in [0, 0.05) is 13.1 Å². The first-order valence-corrected chi connectivity index (χ1v) is 11.8. The summed E-state index contributed by atoms with van der Waals surface area (Å²) in [7, 11) is 0. The SMILES string of the molecule is CCOC(=O)C1CCN(c2ncnc(NNC(=O)C(c3ccccc3)c3ccccc3)c2N)CC1. The number of nitrogens with two attached hydrogens (primary N) is 1. The number of anilines is 3. The van der Waals surface area contributed by atoms with E-state index in [4.69, 9.17) is 10.5 Å². The van der Waals surface area contributed by atoms with E-state index in [1.54, 1.807) is 0 Å². The highest BCUT2D eigenvalue weighted by atomic mass is 16.5. The van der Waals surface area contributed by atoms with Gasteiger partial charge in [0.25, 0.3) is 0 Å². The smallest absolute Gasteiger partial charge is 0.309 e. The van der Waals surface area contributed by atoms with Crippen molar-refractivity contribution in [1.82, 2.24) is 15.4 Å². The van der Waals surface area contributed by atoms with Gasteiger partial charge in [-0.1, -0.05) is 60.7 Å². The number of esters is 1. The number of piperidine rings is 1. The van der Waals surface area contributed by atoms with E-state index in [2.05, 4.69) is 20.8 Å². The Morgan fingerprint density at radius 1 is 1.03 bits per heavy atom. The Kier molecular flexibility index (Phi) is 7.77. The highest BCUT2D eigenvalue weighted by Crippen LogP contribution is 2.30. The fraction of sp³-hybridized carbons (Fsp3) is 0.308. The molecule has 4 N–H and O–H groups in total. The van der Waals surface area contributed by atoms with Gasteiger partial charge in [0.2, 0.25) is 5.91 Å². The van der Waals surface area contributed by atoms with Crippen molar-refractivity contribution in [2.24, 2.45) is 5.92 Å². The summed E-state index contributed by atoms with van der Waals surface area (Å²) < 4.78 is 5.14. The molecule has 2 heterocycles. The number of benzene rings is 2. The van der Waals surface area contributed by atoms with Gasteiger partial charge in [-0.2, -0.15) is 0 Å². The maximum absolute atomic E-state index is 13.3. The van der Waals surface area contributed by atoms with Crippen LogP contribution >= 0.6 is 0 Å². The number of hydrogen-bond donors (Lipinski definition) is 3. The van der Waals surface area contributed by atoms with Crippen molar-refractivity contribution in [1.29, 1.82) is 0 Å². The Hall–Kier alpha value is -4.14. The molecule has 35 heavy (non-hydrogen) atoms. The van der Waals surface area contributed by atoms with Crippen LogP contribution in [0.2, 0.25) is 0 Å². The van der Waals surface area contributed by atoms with Crippen LogP contribution in [0.5, 0.6) is 0 Å². The molecule has 1 amide bonds. The third kappa shape index (κ3) is 5.68. The fourth-order valence-corrected chi connectivity index (χ4v) is 4.30. The topological polar surface area (TPSA) is 122 Å². The van der Waals surface area contributed by atoms with E-state index in [9.17, 15) is 9.59 Å². The van der Waals surface area contributed by atoms with E-state index in [0.717, 1.165) is 11.1 Å². The Balaban J connectivity index is 1.45. The lowest BCUT2D eigenvalue weighted by molar-refractivity contribution is -0.148.